The first-order valence-corrected chi connectivity index (χ1v) is 11.5. The number of hydrogen-bond donors (Lipinski definition) is 1. The van der Waals surface area contributed by atoms with E-state index in [0.717, 1.165) is 12.1 Å². The number of hydrogen-bond acceptors (Lipinski definition) is 4. The van der Waals surface area contributed by atoms with Crippen LogP contribution >= 0.6 is 22.9 Å². The predicted octanol–water partition coefficient (Wildman–Crippen LogP) is 6.07. The molecule has 2 aromatic carbocycles. The second-order valence-corrected chi connectivity index (χ2v) is 9.40. The second-order valence-electron chi connectivity index (χ2n) is 6.40. The Hall–Kier alpha value is -2.82. The highest BCUT2D eigenvalue weighted by molar-refractivity contribution is 7.92. The van der Waals surface area contributed by atoms with Crippen molar-refractivity contribution >= 4 is 38.6 Å². The fraction of sp³-hybridized carbons (Fsp3) is 0.0500. The molecule has 0 aliphatic carbocycles. The summed E-state index contributed by atoms with van der Waals surface area (Å²) in [7, 11) is -4.32. The summed E-state index contributed by atoms with van der Waals surface area (Å²) in [5.41, 5.74) is -0.595. The highest BCUT2D eigenvalue weighted by Crippen LogP contribution is 2.36. The van der Waals surface area contributed by atoms with Gasteiger partial charge in [-0.05, 0) is 41.8 Å². The van der Waals surface area contributed by atoms with Crippen LogP contribution in [0.1, 0.15) is 5.56 Å². The second kappa shape index (κ2) is 8.03. The third-order valence-corrected chi connectivity index (χ3v) is 6.86. The Bertz CT molecular complexity index is 1320. The van der Waals surface area contributed by atoms with Crippen LogP contribution in [0.2, 0.25) is 5.02 Å². The number of para-hydroxylation sites is 1. The van der Waals surface area contributed by atoms with Crippen LogP contribution in [0.5, 0.6) is 0 Å². The molecular formula is C20H13ClF3N3O2S2. The smallest absolute Gasteiger partial charge is 0.278 e. The first-order chi connectivity index (χ1) is 14.6. The number of alkyl halides is 3. The lowest BCUT2D eigenvalue weighted by Gasteiger charge is -2.12. The fourth-order valence-corrected chi connectivity index (χ4v) is 5.05. The Labute approximate surface area is 184 Å². The minimum atomic E-state index is -4.65. The van der Waals surface area contributed by atoms with E-state index in [9.17, 15) is 21.6 Å². The standard InChI is InChI=1S/C20H13ClF3N3O2S2/c21-15-9-8-13(20(22,23)24)11-16(15)26-31(28,29)18-12-27(14-5-2-1-3-6-14)25-19(18)17-7-4-10-30-17/h1-12,26H. The van der Waals surface area contributed by atoms with Crippen LogP contribution in [-0.4, -0.2) is 18.2 Å². The zero-order chi connectivity index (χ0) is 22.2. The lowest BCUT2D eigenvalue weighted by atomic mass is 10.2. The number of aromatic nitrogens is 2. The molecule has 2 aromatic heterocycles. The molecule has 0 radical (unpaired) electrons. The minimum Gasteiger partial charge on any atom is -0.278 e. The zero-order valence-electron chi connectivity index (χ0n) is 15.5. The predicted molar refractivity (Wildman–Crippen MR) is 114 cm³/mol. The zero-order valence-corrected chi connectivity index (χ0v) is 17.9. The molecule has 4 rings (SSSR count). The van der Waals surface area contributed by atoms with Gasteiger partial charge >= 0.3 is 6.18 Å². The number of nitrogens with one attached hydrogen (secondary N) is 1. The molecule has 5 nitrogen and oxygen atoms in total. The van der Waals surface area contributed by atoms with Crippen molar-refractivity contribution in [2.45, 2.75) is 11.1 Å². The number of nitrogens with zero attached hydrogens (tertiary/aromatic N) is 2. The lowest BCUT2D eigenvalue weighted by Crippen LogP contribution is -2.15. The first-order valence-electron chi connectivity index (χ1n) is 8.74. The minimum absolute atomic E-state index is 0.162. The summed E-state index contributed by atoms with van der Waals surface area (Å²) >= 11 is 7.25. The maximum Gasteiger partial charge on any atom is 0.416 e. The van der Waals surface area contributed by atoms with E-state index in [1.54, 1.807) is 41.8 Å². The van der Waals surface area contributed by atoms with Gasteiger partial charge in [0.15, 0.2) is 0 Å². The van der Waals surface area contributed by atoms with E-state index in [2.05, 4.69) is 9.82 Å². The van der Waals surface area contributed by atoms with Crippen molar-refractivity contribution in [1.29, 1.82) is 0 Å². The summed E-state index contributed by atoms with van der Waals surface area (Å²) in [4.78, 5) is 0.400. The van der Waals surface area contributed by atoms with Gasteiger partial charge in [0.25, 0.3) is 10.0 Å². The fourth-order valence-electron chi connectivity index (χ4n) is 2.83. The van der Waals surface area contributed by atoms with Crippen molar-refractivity contribution in [3.8, 4) is 16.3 Å². The van der Waals surface area contributed by atoms with Crippen LogP contribution in [-0.2, 0) is 16.2 Å². The third-order valence-electron chi connectivity index (χ3n) is 4.28. The van der Waals surface area contributed by atoms with Crippen molar-refractivity contribution < 1.29 is 21.6 Å². The van der Waals surface area contributed by atoms with E-state index in [-0.39, 0.29) is 21.3 Å². The average Bonchev–Trinajstić information content (AvgIpc) is 3.39. The number of benzene rings is 2. The van der Waals surface area contributed by atoms with Gasteiger partial charge in [0, 0.05) is 0 Å². The molecule has 0 atom stereocenters. The quantitative estimate of drug-likeness (QED) is 0.374. The molecule has 0 aliphatic rings. The molecular weight excluding hydrogens is 471 g/mol. The van der Waals surface area contributed by atoms with Gasteiger partial charge in [0.1, 0.15) is 10.6 Å². The van der Waals surface area contributed by atoms with Gasteiger partial charge in [-0.3, -0.25) is 4.72 Å². The van der Waals surface area contributed by atoms with Crippen LogP contribution < -0.4 is 4.72 Å². The van der Waals surface area contributed by atoms with E-state index < -0.39 is 21.8 Å². The SMILES string of the molecule is O=S(=O)(Nc1cc(C(F)(F)F)ccc1Cl)c1cn(-c2ccccc2)nc1-c1cccs1. The molecule has 4 aromatic rings. The normalized spacial score (nSPS) is 12.1. The Balaban J connectivity index is 1.81. The lowest BCUT2D eigenvalue weighted by molar-refractivity contribution is -0.137. The molecule has 0 saturated carbocycles. The molecule has 31 heavy (non-hydrogen) atoms. The van der Waals surface area contributed by atoms with Crippen molar-refractivity contribution in [1.82, 2.24) is 9.78 Å². The van der Waals surface area contributed by atoms with E-state index in [1.165, 1.54) is 22.2 Å². The van der Waals surface area contributed by atoms with E-state index in [4.69, 9.17) is 11.6 Å². The molecule has 2 heterocycles. The molecule has 0 unspecified atom stereocenters. The number of halogens is 4. The number of rotatable bonds is 5. The number of thiophene rings is 1. The summed E-state index contributed by atoms with van der Waals surface area (Å²) in [6.45, 7) is 0. The molecule has 0 spiro atoms. The molecule has 1 N–H and O–H groups in total. The Morgan fingerprint density at radius 1 is 1.03 bits per heavy atom. The first kappa shape index (κ1) is 21.4. The van der Waals surface area contributed by atoms with E-state index >= 15 is 0 Å². The Kier molecular flexibility index (Phi) is 5.54. The monoisotopic (exact) mass is 483 g/mol. The van der Waals surface area contributed by atoms with Gasteiger partial charge in [-0.2, -0.15) is 18.3 Å². The van der Waals surface area contributed by atoms with Gasteiger partial charge < -0.3 is 0 Å². The molecule has 0 bridgehead atoms. The van der Waals surface area contributed by atoms with Crippen molar-refractivity contribution in [3.05, 3.63) is 82.8 Å². The Morgan fingerprint density at radius 3 is 2.42 bits per heavy atom. The number of sulfonamides is 1. The van der Waals surface area contributed by atoms with Gasteiger partial charge in [-0.25, -0.2) is 13.1 Å². The highest BCUT2D eigenvalue weighted by atomic mass is 35.5. The summed E-state index contributed by atoms with van der Waals surface area (Å²) in [6, 6.07) is 14.7. The summed E-state index contributed by atoms with van der Waals surface area (Å²) in [5.74, 6) is 0. The van der Waals surface area contributed by atoms with Gasteiger partial charge in [-0.1, -0.05) is 35.9 Å². The summed E-state index contributed by atoms with van der Waals surface area (Å²) in [5, 5.41) is 6.01. The maximum atomic E-state index is 13.2. The largest absolute Gasteiger partial charge is 0.416 e. The molecule has 0 saturated heterocycles. The van der Waals surface area contributed by atoms with E-state index in [0.29, 0.717) is 16.6 Å². The van der Waals surface area contributed by atoms with Crippen LogP contribution in [0.3, 0.4) is 0 Å². The average molecular weight is 484 g/mol. The van der Waals surface area contributed by atoms with E-state index in [1.807, 2.05) is 6.07 Å². The number of anilines is 1. The van der Waals surface area contributed by atoms with Crippen LogP contribution in [0.25, 0.3) is 16.3 Å². The Morgan fingerprint density at radius 2 is 1.77 bits per heavy atom. The van der Waals surface area contributed by atoms with Crippen LogP contribution in [0.4, 0.5) is 18.9 Å². The van der Waals surface area contributed by atoms with Crippen molar-refractivity contribution in [2.75, 3.05) is 4.72 Å². The van der Waals surface area contributed by atoms with Crippen molar-refractivity contribution in [3.63, 3.8) is 0 Å². The molecule has 0 amide bonds. The molecule has 160 valence electrons. The van der Waals surface area contributed by atoms with Crippen LogP contribution in [0, 0.1) is 0 Å². The highest BCUT2D eigenvalue weighted by Gasteiger charge is 2.32. The van der Waals surface area contributed by atoms with Gasteiger partial charge in [0.05, 0.1) is 33.0 Å². The maximum absolute atomic E-state index is 13.2. The van der Waals surface area contributed by atoms with Gasteiger partial charge in [0.2, 0.25) is 0 Å². The third kappa shape index (κ3) is 4.46. The van der Waals surface area contributed by atoms with Crippen molar-refractivity contribution in [2.24, 2.45) is 0 Å². The summed E-state index contributed by atoms with van der Waals surface area (Å²) in [6.07, 6.45) is -3.33. The topological polar surface area (TPSA) is 64.0 Å². The molecule has 11 heteroatoms. The molecule has 0 fully saturated rings. The summed E-state index contributed by atoms with van der Waals surface area (Å²) < 4.78 is 69.1. The van der Waals surface area contributed by atoms with Gasteiger partial charge in [-0.15, -0.1) is 11.3 Å². The molecule has 0 aliphatic heterocycles. The van der Waals surface area contributed by atoms with Crippen LogP contribution in [0.15, 0.2) is 77.1 Å².